The van der Waals surface area contributed by atoms with E-state index in [0.29, 0.717) is 0 Å². The number of hydrogen-bond acceptors (Lipinski definition) is 2. The van der Waals surface area contributed by atoms with Crippen LogP contribution in [-0.2, 0) is 9.59 Å². The normalized spacial score (nSPS) is 8.11. The number of hydrogen-bond donors (Lipinski definition) is 0. The molecule has 0 atom stereocenters. The van der Waals surface area contributed by atoms with Crippen molar-refractivity contribution >= 4 is 23.2 Å². The van der Waals surface area contributed by atoms with Crippen molar-refractivity contribution in [2.45, 2.75) is 0 Å². The Bertz CT molecular complexity index is 181. The molecule has 0 aromatic heterocycles. The molecule has 0 N–H and O–H groups in total. The molecule has 0 spiro atoms. The molecule has 0 aromatic carbocycles. The zero-order valence-corrected chi connectivity index (χ0v) is 5.44. The van der Waals surface area contributed by atoms with Crippen molar-refractivity contribution in [3.05, 3.63) is 24.3 Å². The molecule has 0 fully saturated rings. The molecule has 9 heavy (non-hydrogen) atoms. The lowest BCUT2D eigenvalue weighted by Gasteiger charge is -1.86. The van der Waals surface area contributed by atoms with Gasteiger partial charge in [0.1, 0.15) is 0 Å². The molecule has 2 nitrogen and oxygen atoms in total. The van der Waals surface area contributed by atoms with Crippen molar-refractivity contribution in [1.82, 2.24) is 0 Å². The SMILES string of the molecule is C=CC(=O)C(=O)C(=C)Cl. The second-order valence-electron chi connectivity index (χ2n) is 1.30. The molecule has 0 unspecified atom stereocenters. The fourth-order valence-corrected chi connectivity index (χ4v) is 0.320. The lowest BCUT2D eigenvalue weighted by Crippen LogP contribution is -2.09. The predicted octanol–water partition coefficient (Wildman–Crippen LogP) is 1.06. The summed E-state index contributed by atoms with van der Waals surface area (Å²) >= 11 is 5.09. The van der Waals surface area contributed by atoms with Gasteiger partial charge in [0.15, 0.2) is 0 Å². The minimum Gasteiger partial charge on any atom is -0.286 e. The van der Waals surface area contributed by atoms with Crippen LogP contribution in [0.3, 0.4) is 0 Å². The van der Waals surface area contributed by atoms with Crippen molar-refractivity contribution < 1.29 is 9.59 Å². The molecule has 3 heteroatoms. The Labute approximate surface area is 57.8 Å². The first-order valence-corrected chi connectivity index (χ1v) is 2.53. The smallest absolute Gasteiger partial charge is 0.243 e. The number of halogens is 1. The van der Waals surface area contributed by atoms with Crippen LogP contribution in [0.25, 0.3) is 0 Å². The highest BCUT2D eigenvalue weighted by Crippen LogP contribution is 1.98. The van der Waals surface area contributed by atoms with E-state index in [2.05, 4.69) is 13.2 Å². The standard InChI is InChI=1S/C6H5ClO2/c1-3-5(8)6(9)4(2)7/h3H,1-2H2. The van der Waals surface area contributed by atoms with Crippen LogP contribution in [0, 0.1) is 0 Å². The topological polar surface area (TPSA) is 34.1 Å². The third-order valence-corrected chi connectivity index (χ3v) is 0.827. The maximum absolute atomic E-state index is 10.4. The Kier molecular flexibility index (Phi) is 2.88. The molecular weight excluding hydrogens is 140 g/mol. The quantitative estimate of drug-likeness (QED) is 0.439. The van der Waals surface area contributed by atoms with Crippen LogP contribution in [-0.4, -0.2) is 11.6 Å². The van der Waals surface area contributed by atoms with E-state index in [1.165, 1.54) is 0 Å². The van der Waals surface area contributed by atoms with E-state index in [-0.39, 0.29) is 5.03 Å². The molecular formula is C6H5ClO2. The molecule has 0 aliphatic carbocycles. The van der Waals surface area contributed by atoms with Crippen LogP contribution in [0.15, 0.2) is 24.3 Å². The van der Waals surface area contributed by atoms with Gasteiger partial charge in [-0.3, -0.25) is 9.59 Å². The minimum atomic E-state index is -0.799. The Morgan fingerprint density at radius 2 is 1.89 bits per heavy atom. The molecule has 0 rings (SSSR count). The third-order valence-electron chi connectivity index (χ3n) is 0.656. The molecule has 0 aromatic rings. The van der Waals surface area contributed by atoms with Crippen LogP contribution in [0.2, 0.25) is 0 Å². The van der Waals surface area contributed by atoms with E-state index in [0.717, 1.165) is 6.08 Å². The third kappa shape index (κ3) is 2.24. The average molecular weight is 145 g/mol. The number of ketones is 2. The fourth-order valence-electron chi connectivity index (χ4n) is 0.226. The van der Waals surface area contributed by atoms with Gasteiger partial charge in [-0.2, -0.15) is 0 Å². The van der Waals surface area contributed by atoms with Crippen LogP contribution < -0.4 is 0 Å². The largest absolute Gasteiger partial charge is 0.286 e. The van der Waals surface area contributed by atoms with Crippen molar-refractivity contribution in [1.29, 1.82) is 0 Å². The van der Waals surface area contributed by atoms with Gasteiger partial charge >= 0.3 is 0 Å². The van der Waals surface area contributed by atoms with Crippen LogP contribution in [0.1, 0.15) is 0 Å². The number of Topliss-reactive ketones (excluding diaryl/α,β-unsaturated/α-hetero) is 1. The highest BCUT2D eigenvalue weighted by Gasteiger charge is 2.10. The van der Waals surface area contributed by atoms with E-state index < -0.39 is 11.6 Å². The Morgan fingerprint density at radius 3 is 2.00 bits per heavy atom. The van der Waals surface area contributed by atoms with Crippen LogP contribution in [0.5, 0.6) is 0 Å². The summed E-state index contributed by atoms with van der Waals surface area (Å²) in [4.78, 5) is 20.8. The Balaban J connectivity index is 4.22. The van der Waals surface area contributed by atoms with Gasteiger partial charge < -0.3 is 0 Å². The van der Waals surface area contributed by atoms with Crippen molar-refractivity contribution in [3.8, 4) is 0 Å². The van der Waals surface area contributed by atoms with Crippen LogP contribution >= 0.6 is 11.6 Å². The Morgan fingerprint density at radius 1 is 1.44 bits per heavy atom. The monoisotopic (exact) mass is 144 g/mol. The predicted molar refractivity (Wildman–Crippen MR) is 35.2 cm³/mol. The van der Waals surface area contributed by atoms with E-state index in [1.807, 2.05) is 0 Å². The summed E-state index contributed by atoms with van der Waals surface area (Å²) in [6.45, 7) is 6.17. The van der Waals surface area contributed by atoms with E-state index in [9.17, 15) is 9.59 Å². The summed E-state index contributed by atoms with van der Waals surface area (Å²) in [7, 11) is 0. The summed E-state index contributed by atoms with van der Waals surface area (Å²) in [6.07, 6.45) is 0.899. The minimum absolute atomic E-state index is 0.278. The number of allylic oxidation sites excluding steroid dienone is 2. The molecule has 48 valence electrons. The van der Waals surface area contributed by atoms with Gasteiger partial charge in [-0.15, -0.1) is 0 Å². The van der Waals surface area contributed by atoms with Crippen molar-refractivity contribution in [2.24, 2.45) is 0 Å². The molecule has 0 aliphatic rings. The van der Waals surface area contributed by atoms with Gasteiger partial charge in [0, 0.05) is 0 Å². The lowest BCUT2D eigenvalue weighted by atomic mass is 10.2. The fraction of sp³-hybridized carbons (Fsp3) is 0. The summed E-state index contributed by atoms with van der Waals surface area (Å²) in [5.74, 6) is -1.53. The molecule has 0 amide bonds. The first-order chi connectivity index (χ1) is 4.09. The van der Waals surface area contributed by atoms with Gasteiger partial charge in [0.25, 0.3) is 0 Å². The van der Waals surface area contributed by atoms with Gasteiger partial charge in [0.2, 0.25) is 11.6 Å². The molecule has 0 heterocycles. The summed E-state index contributed by atoms with van der Waals surface area (Å²) < 4.78 is 0. The maximum atomic E-state index is 10.4. The summed E-state index contributed by atoms with van der Waals surface area (Å²) in [6, 6.07) is 0. The first kappa shape index (κ1) is 8.11. The Hall–Kier alpha value is -0.890. The first-order valence-electron chi connectivity index (χ1n) is 2.15. The molecule has 0 bridgehead atoms. The molecule has 0 aliphatic heterocycles. The van der Waals surface area contributed by atoms with E-state index in [1.54, 1.807) is 0 Å². The molecule has 0 radical (unpaired) electrons. The van der Waals surface area contributed by atoms with Gasteiger partial charge in [-0.1, -0.05) is 24.8 Å². The number of rotatable bonds is 3. The van der Waals surface area contributed by atoms with Gasteiger partial charge in [-0.25, -0.2) is 0 Å². The van der Waals surface area contributed by atoms with Crippen LogP contribution in [0.4, 0.5) is 0 Å². The molecule has 0 saturated carbocycles. The van der Waals surface area contributed by atoms with E-state index >= 15 is 0 Å². The van der Waals surface area contributed by atoms with E-state index in [4.69, 9.17) is 11.6 Å². The second kappa shape index (κ2) is 3.20. The average Bonchev–Trinajstić information content (AvgIpc) is 1.84. The van der Waals surface area contributed by atoms with Crippen molar-refractivity contribution in [3.63, 3.8) is 0 Å². The maximum Gasteiger partial charge on any atom is 0.243 e. The number of carbonyl (C=O) groups excluding carboxylic acids is 2. The van der Waals surface area contributed by atoms with Crippen molar-refractivity contribution in [2.75, 3.05) is 0 Å². The molecule has 0 saturated heterocycles. The van der Waals surface area contributed by atoms with Gasteiger partial charge in [0.05, 0.1) is 5.03 Å². The zero-order valence-electron chi connectivity index (χ0n) is 4.69. The summed E-state index contributed by atoms with van der Waals surface area (Å²) in [5, 5.41) is -0.278. The zero-order chi connectivity index (χ0) is 7.44. The lowest BCUT2D eigenvalue weighted by molar-refractivity contribution is -0.131. The summed E-state index contributed by atoms with van der Waals surface area (Å²) in [5.41, 5.74) is 0. The number of carbonyl (C=O) groups is 2. The van der Waals surface area contributed by atoms with Gasteiger partial charge in [-0.05, 0) is 6.08 Å². The second-order valence-corrected chi connectivity index (χ2v) is 1.76. The highest BCUT2D eigenvalue weighted by molar-refractivity contribution is 6.59. The highest BCUT2D eigenvalue weighted by atomic mass is 35.5.